The molecule has 1 aliphatic carbocycles. The van der Waals surface area contributed by atoms with Crippen LogP contribution in [0.25, 0.3) is 0 Å². The van der Waals surface area contributed by atoms with Crippen LogP contribution in [0, 0.1) is 5.92 Å². The molecule has 1 aliphatic rings. The summed E-state index contributed by atoms with van der Waals surface area (Å²) in [7, 11) is 3.38. The summed E-state index contributed by atoms with van der Waals surface area (Å²) in [6.07, 6.45) is 6.11. The van der Waals surface area contributed by atoms with E-state index in [1.54, 1.807) is 18.3 Å². The average molecular weight is 277 g/mol. The van der Waals surface area contributed by atoms with Gasteiger partial charge in [-0.05, 0) is 37.4 Å². The van der Waals surface area contributed by atoms with Crippen molar-refractivity contribution in [1.82, 2.24) is 9.88 Å². The quantitative estimate of drug-likeness (QED) is 0.909. The van der Waals surface area contributed by atoms with Crippen LogP contribution in [0.1, 0.15) is 36.0 Å². The van der Waals surface area contributed by atoms with E-state index < -0.39 is 0 Å². The van der Waals surface area contributed by atoms with E-state index in [2.05, 4.69) is 4.98 Å². The number of nitrogens with two attached hydrogens (primary N) is 1. The highest BCUT2D eigenvalue weighted by molar-refractivity contribution is 5.96. The van der Waals surface area contributed by atoms with E-state index in [0.717, 1.165) is 19.3 Å². The second kappa shape index (κ2) is 6.70. The van der Waals surface area contributed by atoms with Gasteiger partial charge in [-0.25, -0.2) is 4.98 Å². The van der Waals surface area contributed by atoms with Crippen LogP contribution in [0.3, 0.4) is 0 Å². The molecule has 110 valence electrons. The lowest BCUT2D eigenvalue weighted by molar-refractivity contribution is 0.0616. The Morgan fingerprint density at radius 2 is 2.25 bits per heavy atom. The fourth-order valence-corrected chi connectivity index (χ4v) is 3.03. The Bertz CT molecular complexity index is 464. The van der Waals surface area contributed by atoms with Crippen molar-refractivity contribution < 1.29 is 9.53 Å². The molecular weight excluding hydrogens is 254 g/mol. The molecule has 2 rings (SSSR count). The molecule has 0 bridgehead atoms. The van der Waals surface area contributed by atoms with Crippen LogP contribution in [0.15, 0.2) is 18.3 Å². The summed E-state index contributed by atoms with van der Waals surface area (Å²) in [6, 6.07) is 3.72. The van der Waals surface area contributed by atoms with E-state index >= 15 is 0 Å². The summed E-state index contributed by atoms with van der Waals surface area (Å²) in [5, 5.41) is 0. The zero-order valence-electron chi connectivity index (χ0n) is 12.2. The predicted molar refractivity (Wildman–Crippen MR) is 77.7 cm³/mol. The lowest BCUT2D eigenvalue weighted by Crippen LogP contribution is -2.46. The molecule has 2 N–H and O–H groups in total. The molecule has 0 aromatic carbocycles. The highest BCUT2D eigenvalue weighted by Gasteiger charge is 2.31. The summed E-state index contributed by atoms with van der Waals surface area (Å²) >= 11 is 0. The number of methoxy groups -OCH3 is 1. The molecule has 1 fully saturated rings. The maximum absolute atomic E-state index is 12.7. The van der Waals surface area contributed by atoms with Gasteiger partial charge in [-0.15, -0.1) is 0 Å². The van der Waals surface area contributed by atoms with Gasteiger partial charge in [0.25, 0.3) is 5.91 Å². The first kappa shape index (κ1) is 14.8. The van der Waals surface area contributed by atoms with E-state index in [1.807, 2.05) is 11.9 Å². The van der Waals surface area contributed by atoms with Gasteiger partial charge in [-0.1, -0.05) is 12.8 Å². The summed E-state index contributed by atoms with van der Waals surface area (Å²) in [6.45, 7) is 0.631. The van der Waals surface area contributed by atoms with Crippen LogP contribution in [-0.4, -0.2) is 42.5 Å². The summed E-state index contributed by atoms with van der Waals surface area (Å²) < 4.78 is 5.17. The lowest BCUT2D eigenvalue weighted by Gasteiger charge is -2.37. The molecule has 1 amide bonds. The first-order valence-corrected chi connectivity index (χ1v) is 7.15. The zero-order valence-corrected chi connectivity index (χ0v) is 12.2. The predicted octanol–water partition coefficient (Wildman–Crippen LogP) is 1.68. The summed E-state index contributed by atoms with van der Waals surface area (Å²) in [5.41, 5.74) is 6.36. The number of amides is 1. The first-order valence-electron chi connectivity index (χ1n) is 7.15. The molecule has 0 spiro atoms. The van der Waals surface area contributed by atoms with Gasteiger partial charge in [0.15, 0.2) is 0 Å². The topological polar surface area (TPSA) is 68.5 Å². The normalized spacial score (nSPS) is 22.4. The standard InChI is InChI=1S/C15H23N3O2/c1-18(13-8-4-3-6-11(13)10-16)15(19)12-7-5-9-17-14(12)20-2/h5,7,9,11,13H,3-4,6,8,10,16H2,1-2H3. The molecule has 1 aromatic rings. The van der Waals surface area contributed by atoms with E-state index in [0.29, 0.717) is 23.9 Å². The van der Waals surface area contributed by atoms with Gasteiger partial charge in [0, 0.05) is 19.3 Å². The fraction of sp³-hybridized carbons (Fsp3) is 0.600. The second-order valence-corrected chi connectivity index (χ2v) is 5.32. The largest absolute Gasteiger partial charge is 0.480 e. The average Bonchev–Trinajstić information content (AvgIpc) is 2.53. The number of carbonyl (C=O) groups excluding carboxylic acids is 1. The van der Waals surface area contributed by atoms with Crippen LogP contribution in [0.2, 0.25) is 0 Å². The molecule has 1 heterocycles. The Labute approximate surface area is 120 Å². The molecule has 1 saturated carbocycles. The van der Waals surface area contributed by atoms with Gasteiger partial charge in [-0.2, -0.15) is 0 Å². The Morgan fingerprint density at radius 3 is 2.95 bits per heavy atom. The van der Waals surface area contributed by atoms with E-state index in [9.17, 15) is 4.79 Å². The summed E-state index contributed by atoms with van der Waals surface area (Å²) in [4.78, 5) is 18.6. The number of pyridine rings is 1. The summed E-state index contributed by atoms with van der Waals surface area (Å²) in [5.74, 6) is 0.727. The third-order valence-electron chi connectivity index (χ3n) is 4.18. The number of nitrogens with zero attached hydrogens (tertiary/aromatic N) is 2. The molecule has 20 heavy (non-hydrogen) atoms. The first-order chi connectivity index (χ1) is 9.69. The third kappa shape index (κ3) is 2.93. The number of ether oxygens (including phenoxy) is 1. The molecule has 2 atom stereocenters. The van der Waals surface area contributed by atoms with E-state index in [4.69, 9.17) is 10.5 Å². The molecule has 0 aliphatic heterocycles. The number of aromatic nitrogens is 1. The van der Waals surface area contributed by atoms with Crippen molar-refractivity contribution in [2.45, 2.75) is 31.7 Å². The van der Waals surface area contributed by atoms with Crippen molar-refractivity contribution in [2.75, 3.05) is 20.7 Å². The second-order valence-electron chi connectivity index (χ2n) is 5.32. The van der Waals surface area contributed by atoms with Crippen LogP contribution in [0.5, 0.6) is 5.88 Å². The van der Waals surface area contributed by atoms with Crippen LogP contribution in [-0.2, 0) is 0 Å². The monoisotopic (exact) mass is 277 g/mol. The van der Waals surface area contributed by atoms with Crippen LogP contribution in [0.4, 0.5) is 0 Å². The zero-order chi connectivity index (χ0) is 14.5. The Hall–Kier alpha value is -1.62. The van der Waals surface area contributed by atoms with Gasteiger partial charge in [-0.3, -0.25) is 4.79 Å². The highest BCUT2D eigenvalue weighted by Crippen LogP contribution is 2.29. The molecule has 5 heteroatoms. The lowest BCUT2D eigenvalue weighted by atomic mass is 9.83. The van der Waals surface area contributed by atoms with Crippen LogP contribution >= 0.6 is 0 Å². The number of rotatable bonds is 4. The molecule has 0 radical (unpaired) electrons. The smallest absolute Gasteiger partial charge is 0.259 e. The van der Waals surface area contributed by atoms with Crippen LogP contribution < -0.4 is 10.5 Å². The van der Waals surface area contributed by atoms with Crippen molar-refractivity contribution in [2.24, 2.45) is 11.7 Å². The molecule has 1 aromatic heterocycles. The number of hydrogen-bond acceptors (Lipinski definition) is 4. The van der Waals surface area contributed by atoms with Crippen molar-refractivity contribution >= 4 is 5.91 Å². The highest BCUT2D eigenvalue weighted by atomic mass is 16.5. The van der Waals surface area contributed by atoms with Gasteiger partial charge in [0.05, 0.1) is 7.11 Å². The third-order valence-corrected chi connectivity index (χ3v) is 4.18. The molecular formula is C15H23N3O2. The van der Waals surface area contributed by atoms with Gasteiger partial charge in [0.1, 0.15) is 5.56 Å². The van der Waals surface area contributed by atoms with Crippen molar-refractivity contribution in [1.29, 1.82) is 0 Å². The van der Waals surface area contributed by atoms with Gasteiger partial charge < -0.3 is 15.4 Å². The van der Waals surface area contributed by atoms with E-state index in [1.165, 1.54) is 13.5 Å². The molecule has 5 nitrogen and oxygen atoms in total. The molecule has 0 saturated heterocycles. The minimum Gasteiger partial charge on any atom is -0.480 e. The molecule has 2 unspecified atom stereocenters. The minimum absolute atomic E-state index is 0.0414. The van der Waals surface area contributed by atoms with Gasteiger partial charge in [0.2, 0.25) is 5.88 Å². The Balaban J connectivity index is 2.19. The van der Waals surface area contributed by atoms with Crippen molar-refractivity contribution in [3.05, 3.63) is 23.9 Å². The van der Waals surface area contributed by atoms with Crippen molar-refractivity contribution in [3.63, 3.8) is 0 Å². The Kier molecular flexibility index (Phi) is 4.95. The fourth-order valence-electron chi connectivity index (χ4n) is 3.03. The Morgan fingerprint density at radius 1 is 1.50 bits per heavy atom. The minimum atomic E-state index is -0.0414. The van der Waals surface area contributed by atoms with Gasteiger partial charge >= 0.3 is 0 Å². The maximum Gasteiger partial charge on any atom is 0.259 e. The number of hydrogen-bond donors (Lipinski definition) is 1. The van der Waals surface area contributed by atoms with E-state index in [-0.39, 0.29) is 11.9 Å². The number of carbonyl (C=O) groups is 1. The van der Waals surface area contributed by atoms with Crippen molar-refractivity contribution in [3.8, 4) is 5.88 Å². The SMILES string of the molecule is COc1ncccc1C(=O)N(C)C1CCCCC1CN. The maximum atomic E-state index is 12.7.